The number of carbonyl (C=O) groups is 2. The van der Waals surface area contributed by atoms with Gasteiger partial charge in [-0.15, -0.1) is 0 Å². The fourth-order valence-electron chi connectivity index (χ4n) is 3.64. The summed E-state index contributed by atoms with van der Waals surface area (Å²) in [6, 6.07) is 6.29. The number of piperidine rings is 1. The van der Waals surface area contributed by atoms with Gasteiger partial charge in [0.15, 0.2) is 0 Å². The molecule has 1 fully saturated rings. The Hall–Kier alpha value is -2.13. The number of carboxylic acids is 1. The van der Waals surface area contributed by atoms with Crippen LogP contribution >= 0.6 is 0 Å². The second-order valence-electron chi connectivity index (χ2n) is 6.94. The van der Waals surface area contributed by atoms with Crippen LogP contribution in [0.2, 0.25) is 0 Å². The zero-order valence-corrected chi connectivity index (χ0v) is 15.7. The molecule has 0 unspecified atom stereocenters. The van der Waals surface area contributed by atoms with Crippen LogP contribution in [0.5, 0.6) is 0 Å². The van der Waals surface area contributed by atoms with Crippen molar-refractivity contribution in [2.75, 3.05) is 13.1 Å². The highest BCUT2D eigenvalue weighted by Crippen LogP contribution is 2.36. The minimum Gasteiger partial charge on any atom is -0.483 e. The van der Waals surface area contributed by atoms with Crippen LogP contribution in [0, 0.1) is 5.41 Å². The molecule has 1 saturated heterocycles. The monoisotopic (exact) mass is 405 g/mol. The molecule has 1 aromatic carbocycles. The Morgan fingerprint density at radius 2 is 1.96 bits per heavy atom. The van der Waals surface area contributed by atoms with E-state index in [1.54, 1.807) is 12.1 Å². The maximum absolute atomic E-state index is 12.5. The lowest BCUT2D eigenvalue weighted by Gasteiger charge is -2.43. The second-order valence-corrected chi connectivity index (χ2v) is 6.94. The molecule has 0 aliphatic carbocycles. The minimum atomic E-state index is -4.26. The molecule has 9 heteroatoms. The average Bonchev–Trinajstić information content (AvgIpc) is 2.57. The van der Waals surface area contributed by atoms with E-state index >= 15 is 0 Å². The molecule has 1 heterocycles. The number of halogens is 3. The number of rotatable bonds is 6. The van der Waals surface area contributed by atoms with E-state index in [2.05, 4.69) is 0 Å². The fraction of sp³-hybridized carbons (Fsp3) is 0.579. The molecule has 28 heavy (non-hydrogen) atoms. The van der Waals surface area contributed by atoms with Gasteiger partial charge in [0.1, 0.15) is 5.41 Å². The van der Waals surface area contributed by atoms with E-state index in [0.717, 1.165) is 0 Å². The van der Waals surface area contributed by atoms with Crippen LogP contribution < -0.4 is 0 Å². The van der Waals surface area contributed by atoms with Gasteiger partial charge in [-0.3, -0.25) is 14.5 Å². The SMILES string of the molecule is CCC[C@@]1(C(=O)O)CN(Cc2cccc(CC(F)(F)F)c2)CC[C@H]1O.O=CO. The first-order chi connectivity index (χ1) is 13.1. The predicted molar refractivity (Wildman–Crippen MR) is 95.8 cm³/mol. The molecule has 2 atom stereocenters. The molecule has 0 aromatic heterocycles. The standard InChI is InChI=1S/C18H24F3NO3.CH2O2/c1-2-7-17(16(24)25)12-22(8-6-15(17)23)11-14-5-3-4-13(9-14)10-18(19,20)21;2-1-3/h3-5,9,15,23H,2,6-8,10-12H2,1H3,(H,24,25);1H,(H,2,3)/t15-,17-;/m1./s1. The number of carboxylic acid groups (broad SMARTS) is 2. The Bertz CT molecular complexity index is 653. The highest BCUT2D eigenvalue weighted by Gasteiger charge is 2.48. The smallest absolute Gasteiger partial charge is 0.393 e. The third-order valence-electron chi connectivity index (χ3n) is 4.79. The van der Waals surface area contributed by atoms with Crippen molar-refractivity contribution in [1.82, 2.24) is 4.90 Å². The third kappa shape index (κ3) is 6.79. The van der Waals surface area contributed by atoms with Gasteiger partial charge < -0.3 is 15.3 Å². The lowest BCUT2D eigenvalue weighted by Crippen LogP contribution is -2.55. The zero-order chi connectivity index (χ0) is 21.4. The molecular weight excluding hydrogens is 379 g/mol. The quantitative estimate of drug-likeness (QED) is 0.630. The van der Waals surface area contributed by atoms with Gasteiger partial charge in [0.25, 0.3) is 6.47 Å². The molecule has 1 aliphatic heterocycles. The topological polar surface area (TPSA) is 98.1 Å². The number of alkyl halides is 3. The third-order valence-corrected chi connectivity index (χ3v) is 4.79. The van der Waals surface area contributed by atoms with Crippen LogP contribution in [0.1, 0.15) is 37.3 Å². The largest absolute Gasteiger partial charge is 0.483 e. The Morgan fingerprint density at radius 3 is 2.50 bits per heavy atom. The number of aliphatic carboxylic acids is 1. The van der Waals surface area contributed by atoms with Crippen LogP contribution in [-0.4, -0.2) is 58.0 Å². The highest BCUT2D eigenvalue weighted by atomic mass is 19.4. The van der Waals surface area contributed by atoms with E-state index in [1.165, 1.54) is 12.1 Å². The van der Waals surface area contributed by atoms with E-state index in [1.807, 2.05) is 11.8 Å². The zero-order valence-electron chi connectivity index (χ0n) is 15.7. The number of aliphatic hydroxyl groups is 1. The molecule has 1 aromatic rings. The number of nitrogens with zero attached hydrogens (tertiary/aromatic N) is 1. The average molecular weight is 405 g/mol. The normalized spacial score (nSPS) is 22.8. The first-order valence-corrected chi connectivity index (χ1v) is 8.94. The molecule has 0 saturated carbocycles. The van der Waals surface area contributed by atoms with Crippen LogP contribution in [0.15, 0.2) is 24.3 Å². The Labute approximate surface area is 161 Å². The summed E-state index contributed by atoms with van der Waals surface area (Å²) in [5.74, 6) is -1.02. The second kappa shape index (κ2) is 10.4. The summed E-state index contributed by atoms with van der Waals surface area (Å²) in [5.41, 5.74) is -0.301. The summed E-state index contributed by atoms with van der Waals surface area (Å²) < 4.78 is 37.6. The summed E-state index contributed by atoms with van der Waals surface area (Å²) >= 11 is 0. The van der Waals surface area contributed by atoms with Crippen molar-refractivity contribution >= 4 is 12.4 Å². The fourth-order valence-corrected chi connectivity index (χ4v) is 3.64. The molecular formula is C19H26F3NO5. The van der Waals surface area contributed by atoms with E-state index in [0.29, 0.717) is 37.9 Å². The van der Waals surface area contributed by atoms with Gasteiger partial charge in [-0.1, -0.05) is 37.6 Å². The van der Waals surface area contributed by atoms with Crippen molar-refractivity contribution < 1.29 is 38.1 Å². The van der Waals surface area contributed by atoms with Crippen LogP contribution in [0.4, 0.5) is 13.2 Å². The van der Waals surface area contributed by atoms with Crippen LogP contribution in [0.25, 0.3) is 0 Å². The minimum absolute atomic E-state index is 0.195. The number of benzene rings is 1. The molecule has 2 rings (SSSR count). The summed E-state index contributed by atoms with van der Waals surface area (Å²) in [7, 11) is 0. The molecule has 0 bridgehead atoms. The van der Waals surface area contributed by atoms with Gasteiger partial charge in [-0.25, -0.2) is 0 Å². The lowest BCUT2D eigenvalue weighted by atomic mass is 9.74. The molecule has 3 N–H and O–H groups in total. The number of likely N-dealkylation sites (tertiary alicyclic amines) is 1. The van der Waals surface area contributed by atoms with Crippen molar-refractivity contribution in [3.63, 3.8) is 0 Å². The molecule has 0 radical (unpaired) electrons. The highest BCUT2D eigenvalue weighted by molar-refractivity contribution is 5.76. The van der Waals surface area contributed by atoms with E-state index in [-0.39, 0.29) is 18.6 Å². The number of aliphatic hydroxyl groups excluding tert-OH is 1. The van der Waals surface area contributed by atoms with Crippen molar-refractivity contribution in [3.8, 4) is 0 Å². The maximum atomic E-state index is 12.5. The van der Waals surface area contributed by atoms with Gasteiger partial charge in [-0.05, 0) is 24.0 Å². The predicted octanol–water partition coefficient (Wildman–Crippen LogP) is 2.93. The van der Waals surface area contributed by atoms with E-state index in [4.69, 9.17) is 9.90 Å². The lowest BCUT2D eigenvalue weighted by molar-refractivity contribution is -0.164. The van der Waals surface area contributed by atoms with Crippen molar-refractivity contribution in [2.45, 2.75) is 51.4 Å². The van der Waals surface area contributed by atoms with E-state index < -0.39 is 30.1 Å². The van der Waals surface area contributed by atoms with Crippen molar-refractivity contribution in [1.29, 1.82) is 0 Å². The first kappa shape index (κ1) is 23.9. The van der Waals surface area contributed by atoms with Gasteiger partial charge in [0, 0.05) is 19.6 Å². The molecule has 6 nitrogen and oxygen atoms in total. The Morgan fingerprint density at radius 1 is 1.36 bits per heavy atom. The Balaban J connectivity index is 0.00000122. The molecule has 0 amide bonds. The van der Waals surface area contributed by atoms with Gasteiger partial charge in [0.2, 0.25) is 0 Å². The summed E-state index contributed by atoms with van der Waals surface area (Å²) in [4.78, 5) is 22.0. The van der Waals surface area contributed by atoms with Crippen molar-refractivity contribution in [2.24, 2.45) is 5.41 Å². The van der Waals surface area contributed by atoms with Gasteiger partial charge in [0.05, 0.1) is 12.5 Å². The molecule has 0 spiro atoms. The van der Waals surface area contributed by atoms with Gasteiger partial charge in [-0.2, -0.15) is 13.2 Å². The van der Waals surface area contributed by atoms with Gasteiger partial charge >= 0.3 is 12.1 Å². The van der Waals surface area contributed by atoms with Crippen molar-refractivity contribution in [3.05, 3.63) is 35.4 Å². The van der Waals surface area contributed by atoms with Crippen LogP contribution in [0.3, 0.4) is 0 Å². The first-order valence-electron chi connectivity index (χ1n) is 8.94. The van der Waals surface area contributed by atoms with E-state index in [9.17, 15) is 28.2 Å². The molecule has 1 aliphatic rings. The number of hydrogen-bond acceptors (Lipinski definition) is 4. The number of hydrogen-bond donors (Lipinski definition) is 3. The maximum Gasteiger partial charge on any atom is 0.393 e. The molecule has 158 valence electrons. The van der Waals surface area contributed by atoms with Crippen LogP contribution in [-0.2, 0) is 22.6 Å². The summed E-state index contributed by atoms with van der Waals surface area (Å²) in [6.45, 7) is 2.71. The summed E-state index contributed by atoms with van der Waals surface area (Å²) in [6.07, 6.45) is -4.79. The summed E-state index contributed by atoms with van der Waals surface area (Å²) in [5, 5.41) is 26.8. The Kier molecular flexibility index (Phi) is 8.90.